The number of rotatable bonds is 5. The van der Waals surface area contributed by atoms with Gasteiger partial charge >= 0.3 is 0 Å². The van der Waals surface area contributed by atoms with Crippen molar-refractivity contribution >= 4 is 28.3 Å². The van der Waals surface area contributed by atoms with Gasteiger partial charge in [-0.1, -0.05) is 41.7 Å². The number of thiazole rings is 1. The number of aromatic nitrogens is 2. The van der Waals surface area contributed by atoms with E-state index in [0.29, 0.717) is 41.1 Å². The number of oxazole rings is 1. The van der Waals surface area contributed by atoms with Crippen molar-refractivity contribution in [3.05, 3.63) is 64.3 Å². The Hall–Kier alpha value is -3.00. The fraction of sp³-hybridized carbons (Fsp3) is 0.364. The maximum atomic E-state index is 13.1. The first-order valence-electron chi connectivity index (χ1n) is 10.0. The van der Waals surface area contributed by atoms with E-state index in [1.807, 2.05) is 23.1 Å². The van der Waals surface area contributed by atoms with Crippen LogP contribution in [0.5, 0.6) is 0 Å². The monoisotopic (exact) mass is 424 g/mol. The number of carbonyl (C=O) groups is 2. The first-order valence-corrected chi connectivity index (χ1v) is 10.8. The summed E-state index contributed by atoms with van der Waals surface area (Å²) in [5.74, 6) is 1.35. The third-order valence-electron chi connectivity index (χ3n) is 5.12. The molecule has 1 atom stereocenters. The van der Waals surface area contributed by atoms with Crippen LogP contribution < -0.4 is 5.32 Å². The molecule has 0 aliphatic carbocycles. The number of carbonyl (C=O) groups excluding carboxylic acids is 2. The van der Waals surface area contributed by atoms with Crippen molar-refractivity contribution in [1.29, 1.82) is 0 Å². The Balaban J connectivity index is 1.44. The fourth-order valence-corrected chi connectivity index (χ4v) is 4.68. The maximum Gasteiger partial charge on any atom is 0.265 e. The summed E-state index contributed by atoms with van der Waals surface area (Å²) < 4.78 is 6.03. The predicted molar refractivity (Wildman–Crippen MR) is 115 cm³/mol. The fourth-order valence-electron chi connectivity index (χ4n) is 3.70. The molecule has 7 nitrogen and oxygen atoms in total. The second kappa shape index (κ2) is 8.79. The number of nitrogens with zero attached hydrogens (tertiary/aromatic N) is 3. The number of amides is 2. The highest BCUT2D eigenvalue weighted by Gasteiger charge is 2.30. The molecule has 156 valence electrons. The zero-order valence-corrected chi connectivity index (χ0v) is 17.9. The van der Waals surface area contributed by atoms with Crippen LogP contribution in [0.1, 0.15) is 58.3 Å². The molecule has 0 radical (unpaired) electrons. The molecule has 3 aromatic rings. The summed E-state index contributed by atoms with van der Waals surface area (Å²) in [5, 5.41) is 3.11. The molecule has 1 saturated heterocycles. The summed E-state index contributed by atoms with van der Waals surface area (Å²) in [6.45, 7) is 4.48. The number of aryl methyl sites for hydroxylation is 1. The first-order chi connectivity index (χ1) is 14.5. The largest absolute Gasteiger partial charge is 0.445 e. The van der Waals surface area contributed by atoms with Crippen LogP contribution in [0, 0.1) is 6.92 Å². The van der Waals surface area contributed by atoms with E-state index in [0.717, 1.165) is 18.6 Å². The number of benzene rings is 1. The summed E-state index contributed by atoms with van der Waals surface area (Å²) in [7, 11) is 0. The van der Waals surface area contributed by atoms with Crippen molar-refractivity contribution in [2.75, 3.05) is 18.4 Å². The molecule has 2 aromatic heterocycles. The van der Waals surface area contributed by atoms with E-state index in [1.54, 1.807) is 13.1 Å². The number of nitrogens with one attached hydrogen (secondary N) is 1. The number of hydrogen-bond donors (Lipinski definition) is 1. The minimum atomic E-state index is -0.198. The molecule has 0 unspecified atom stereocenters. The van der Waals surface area contributed by atoms with Gasteiger partial charge in [-0.15, -0.1) is 0 Å². The van der Waals surface area contributed by atoms with Gasteiger partial charge in [-0.2, -0.15) is 0 Å². The molecule has 8 heteroatoms. The zero-order valence-electron chi connectivity index (χ0n) is 17.1. The second-order valence-electron chi connectivity index (χ2n) is 7.53. The van der Waals surface area contributed by atoms with Crippen LogP contribution in [0.4, 0.5) is 5.13 Å². The van der Waals surface area contributed by atoms with Gasteiger partial charge in [0.15, 0.2) is 11.0 Å². The highest BCUT2D eigenvalue weighted by atomic mass is 32.1. The molecule has 4 rings (SSSR count). The Kier molecular flexibility index (Phi) is 5.94. The molecule has 1 aromatic carbocycles. The zero-order chi connectivity index (χ0) is 21.1. The van der Waals surface area contributed by atoms with Crippen molar-refractivity contribution in [1.82, 2.24) is 14.9 Å². The van der Waals surface area contributed by atoms with Crippen LogP contribution >= 0.6 is 11.3 Å². The van der Waals surface area contributed by atoms with Crippen LogP contribution in [0.2, 0.25) is 0 Å². The maximum absolute atomic E-state index is 13.1. The number of piperidine rings is 1. The molecule has 0 spiro atoms. The van der Waals surface area contributed by atoms with Crippen molar-refractivity contribution < 1.29 is 14.0 Å². The van der Waals surface area contributed by atoms with E-state index in [2.05, 4.69) is 27.4 Å². The average Bonchev–Trinajstić information content (AvgIpc) is 3.34. The molecule has 30 heavy (non-hydrogen) atoms. The first kappa shape index (κ1) is 20.3. The molecule has 2 amide bonds. The molecule has 0 saturated carbocycles. The Morgan fingerprint density at radius 3 is 2.87 bits per heavy atom. The SMILES string of the molecule is CC(=O)Nc1nc(C)c(C(=O)N2CCC[C@@H](c3ncc(Cc4ccccc4)o3)C2)s1. The second-order valence-corrected chi connectivity index (χ2v) is 8.53. The van der Waals surface area contributed by atoms with Gasteiger partial charge in [0.2, 0.25) is 5.91 Å². The highest BCUT2D eigenvalue weighted by Crippen LogP contribution is 2.30. The van der Waals surface area contributed by atoms with Gasteiger partial charge in [0, 0.05) is 26.4 Å². The Morgan fingerprint density at radius 2 is 2.10 bits per heavy atom. The van der Waals surface area contributed by atoms with E-state index < -0.39 is 0 Å². The van der Waals surface area contributed by atoms with Gasteiger partial charge in [-0.25, -0.2) is 9.97 Å². The summed E-state index contributed by atoms with van der Waals surface area (Å²) in [6, 6.07) is 10.1. The molecule has 1 N–H and O–H groups in total. The van der Waals surface area contributed by atoms with Crippen LogP contribution in [-0.2, 0) is 11.2 Å². The number of hydrogen-bond acceptors (Lipinski definition) is 6. The van der Waals surface area contributed by atoms with Crippen LogP contribution in [0.25, 0.3) is 0 Å². The minimum Gasteiger partial charge on any atom is -0.445 e. The van der Waals surface area contributed by atoms with Crippen LogP contribution in [0.3, 0.4) is 0 Å². The van der Waals surface area contributed by atoms with Gasteiger partial charge in [-0.3, -0.25) is 9.59 Å². The van der Waals surface area contributed by atoms with Gasteiger partial charge in [-0.05, 0) is 25.3 Å². The molecule has 1 aliphatic heterocycles. The lowest BCUT2D eigenvalue weighted by Crippen LogP contribution is -2.39. The molecule has 1 aliphatic rings. The average molecular weight is 425 g/mol. The van der Waals surface area contributed by atoms with E-state index >= 15 is 0 Å². The normalized spacial score (nSPS) is 16.5. The number of anilines is 1. The lowest BCUT2D eigenvalue weighted by molar-refractivity contribution is -0.114. The predicted octanol–water partition coefficient (Wildman–Crippen LogP) is 4.01. The van der Waals surface area contributed by atoms with Gasteiger partial charge in [0.05, 0.1) is 17.8 Å². The molecule has 1 fully saturated rings. The van der Waals surface area contributed by atoms with E-state index in [1.165, 1.54) is 23.8 Å². The van der Waals surface area contributed by atoms with E-state index in [9.17, 15) is 9.59 Å². The Labute approximate surface area is 179 Å². The quantitative estimate of drug-likeness (QED) is 0.669. The third-order valence-corrected chi connectivity index (χ3v) is 6.19. The molecular formula is C22H24N4O3S. The Morgan fingerprint density at radius 1 is 1.30 bits per heavy atom. The topological polar surface area (TPSA) is 88.3 Å². The van der Waals surface area contributed by atoms with Crippen molar-refractivity contribution in [3.63, 3.8) is 0 Å². The van der Waals surface area contributed by atoms with E-state index in [4.69, 9.17) is 4.42 Å². The summed E-state index contributed by atoms with van der Waals surface area (Å²) in [6.07, 6.45) is 4.32. The third kappa shape index (κ3) is 4.59. The van der Waals surface area contributed by atoms with Gasteiger partial charge in [0.1, 0.15) is 10.6 Å². The van der Waals surface area contributed by atoms with Crippen LogP contribution in [0.15, 0.2) is 40.9 Å². The van der Waals surface area contributed by atoms with Crippen molar-refractivity contribution in [2.45, 2.75) is 39.0 Å². The summed E-state index contributed by atoms with van der Waals surface area (Å²) >= 11 is 1.22. The minimum absolute atomic E-state index is 0.0534. The standard InChI is InChI=1S/C22H24N4O3S/c1-14-19(30-22(24-14)25-15(2)27)21(28)26-10-6-9-17(13-26)20-23-12-18(29-20)11-16-7-4-3-5-8-16/h3-5,7-8,12,17H,6,9-11,13H2,1-2H3,(H,24,25,27)/t17-/m1/s1. The summed E-state index contributed by atoms with van der Waals surface area (Å²) in [4.78, 5) is 35.5. The molecular weight excluding hydrogens is 400 g/mol. The molecule has 3 heterocycles. The lowest BCUT2D eigenvalue weighted by atomic mass is 9.98. The Bertz CT molecular complexity index is 1040. The van der Waals surface area contributed by atoms with Gasteiger partial charge in [0.25, 0.3) is 5.91 Å². The van der Waals surface area contributed by atoms with Crippen molar-refractivity contribution in [2.24, 2.45) is 0 Å². The van der Waals surface area contributed by atoms with Crippen LogP contribution in [-0.4, -0.2) is 39.8 Å². The summed E-state index contributed by atoms with van der Waals surface area (Å²) in [5.41, 5.74) is 1.81. The number of likely N-dealkylation sites (tertiary alicyclic amines) is 1. The smallest absolute Gasteiger partial charge is 0.265 e. The lowest BCUT2D eigenvalue weighted by Gasteiger charge is -2.31. The van der Waals surface area contributed by atoms with Crippen molar-refractivity contribution in [3.8, 4) is 0 Å². The van der Waals surface area contributed by atoms with E-state index in [-0.39, 0.29) is 17.7 Å². The highest BCUT2D eigenvalue weighted by molar-refractivity contribution is 7.17. The molecule has 0 bridgehead atoms. The van der Waals surface area contributed by atoms with Gasteiger partial charge < -0.3 is 14.6 Å².